The minimum absolute atomic E-state index is 0.151. The molecule has 1 aliphatic rings. The Morgan fingerprint density at radius 3 is 2.54 bits per heavy atom. The number of carbonyl (C=O) groups is 1. The average molecular weight is 404 g/mol. The van der Waals surface area contributed by atoms with E-state index in [0.717, 1.165) is 17.4 Å². The summed E-state index contributed by atoms with van der Waals surface area (Å²) in [7, 11) is -1.97. The SMILES string of the molecule is COc1ccc(C)cc1NC(=O)[C@H]1CCN(S(C)(=O)=O)c2cc(C)ccc2O1. The van der Waals surface area contributed by atoms with Crippen molar-refractivity contribution in [3.8, 4) is 11.5 Å². The van der Waals surface area contributed by atoms with Crippen LogP contribution in [0.15, 0.2) is 36.4 Å². The van der Waals surface area contributed by atoms with Gasteiger partial charge in [-0.05, 0) is 49.2 Å². The molecule has 0 saturated heterocycles. The van der Waals surface area contributed by atoms with Crippen LogP contribution in [-0.2, 0) is 14.8 Å². The maximum atomic E-state index is 12.9. The zero-order valence-electron chi connectivity index (χ0n) is 16.4. The van der Waals surface area contributed by atoms with Crippen LogP contribution < -0.4 is 19.1 Å². The van der Waals surface area contributed by atoms with Crippen LogP contribution in [0.2, 0.25) is 0 Å². The highest BCUT2D eigenvalue weighted by Crippen LogP contribution is 2.35. The van der Waals surface area contributed by atoms with Crippen molar-refractivity contribution in [1.82, 2.24) is 0 Å². The van der Waals surface area contributed by atoms with E-state index in [1.54, 1.807) is 18.2 Å². The standard InChI is InChI=1S/C20H24N2O5S/c1-13-5-7-17(26-3)15(11-13)21-20(23)19-9-10-22(28(4,24)25)16-12-14(2)6-8-18(16)27-19/h5-8,11-12,19H,9-10H2,1-4H3,(H,21,23)/t19-/m1/s1. The van der Waals surface area contributed by atoms with Crippen LogP contribution in [0.3, 0.4) is 0 Å². The number of nitrogens with one attached hydrogen (secondary N) is 1. The fraction of sp³-hybridized carbons (Fsp3) is 0.350. The van der Waals surface area contributed by atoms with Crippen molar-refractivity contribution in [1.29, 1.82) is 0 Å². The first-order chi connectivity index (χ1) is 13.2. The molecule has 2 aromatic rings. The van der Waals surface area contributed by atoms with Crippen molar-refractivity contribution < 1.29 is 22.7 Å². The molecular weight excluding hydrogens is 380 g/mol. The summed E-state index contributed by atoms with van der Waals surface area (Å²) in [5, 5.41) is 2.84. The minimum Gasteiger partial charge on any atom is -0.495 e. The van der Waals surface area contributed by atoms with Gasteiger partial charge in [0, 0.05) is 13.0 Å². The molecule has 0 spiro atoms. The van der Waals surface area contributed by atoms with Crippen LogP contribution in [0.4, 0.5) is 11.4 Å². The predicted octanol–water partition coefficient (Wildman–Crippen LogP) is 2.87. The Morgan fingerprint density at radius 1 is 1.18 bits per heavy atom. The molecule has 0 unspecified atom stereocenters. The third-order valence-corrected chi connectivity index (χ3v) is 5.73. The number of amides is 1. The maximum absolute atomic E-state index is 12.9. The van der Waals surface area contributed by atoms with Crippen molar-refractivity contribution in [2.24, 2.45) is 0 Å². The summed E-state index contributed by atoms with van der Waals surface area (Å²) in [5.41, 5.74) is 2.88. The van der Waals surface area contributed by atoms with E-state index in [1.807, 2.05) is 32.0 Å². The number of methoxy groups -OCH3 is 1. The van der Waals surface area contributed by atoms with E-state index in [9.17, 15) is 13.2 Å². The van der Waals surface area contributed by atoms with Gasteiger partial charge >= 0.3 is 0 Å². The monoisotopic (exact) mass is 404 g/mol. The molecule has 1 N–H and O–H groups in total. The van der Waals surface area contributed by atoms with Crippen LogP contribution in [0.1, 0.15) is 17.5 Å². The Labute approximate surface area is 165 Å². The first-order valence-corrected chi connectivity index (χ1v) is 10.7. The summed E-state index contributed by atoms with van der Waals surface area (Å²) in [6.45, 7) is 3.94. The summed E-state index contributed by atoms with van der Waals surface area (Å²) in [6, 6.07) is 10.8. The van der Waals surface area contributed by atoms with E-state index >= 15 is 0 Å². The van der Waals surface area contributed by atoms with E-state index in [2.05, 4.69) is 5.32 Å². The highest BCUT2D eigenvalue weighted by atomic mass is 32.2. The Bertz CT molecular complexity index is 1000. The molecule has 3 rings (SSSR count). The molecule has 28 heavy (non-hydrogen) atoms. The van der Waals surface area contributed by atoms with Crippen molar-refractivity contribution in [2.45, 2.75) is 26.4 Å². The number of aryl methyl sites for hydroxylation is 2. The van der Waals surface area contributed by atoms with Gasteiger partial charge in [-0.2, -0.15) is 0 Å². The summed E-state index contributed by atoms with van der Waals surface area (Å²) in [6.07, 6.45) is 0.538. The third-order valence-electron chi connectivity index (χ3n) is 4.55. The van der Waals surface area contributed by atoms with Crippen molar-refractivity contribution >= 4 is 27.3 Å². The lowest BCUT2D eigenvalue weighted by molar-refractivity contribution is -0.122. The molecule has 8 heteroatoms. The molecule has 1 aliphatic heterocycles. The number of nitrogens with zero attached hydrogens (tertiary/aromatic N) is 1. The molecule has 1 amide bonds. The quantitative estimate of drug-likeness (QED) is 0.847. The van der Waals surface area contributed by atoms with E-state index in [4.69, 9.17) is 9.47 Å². The number of carbonyl (C=O) groups excluding carboxylic acids is 1. The first kappa shape index (κ1) is 20.0. The Kier molecular flexibility index (Phi) is 5.51. The number of ether oxygens (including phenoxy) is 2. The van der Waals surface area contributed by atoms with Gasteiger partial charge in [-0.25, -0.2) is 8.42 Å². The first-order valence-electron chi connectivity index (χ1n) is 8.89. The fourth-order valence-corrected chi connectivity index (χ4v) is 4.09. The molecule has 7 nitrogen and oxygen atoms in total. The topological polar surface area (TPSA) is 84.9 Å². The van der Waals surface area contributed by atoms with Gasteiger partial charge in [0.15, 0.2) is 6.10 Å². The number of fused-ring (bicyclic) bond motifs is 1. The molecule has 150 valence electrons. The van der Waals surface area contributed by atoms with Gasteiger partial charge < -0.3 is 14.8 Å². The molecule has 1 heterocycles. The molecule has 1 atom stereocenters. The Morgan fingerprint density at radius 2 is 1.86 bits per heavy atom. The largest absolute Gasteiger partial charge is 0.495 e. The number of sulfonamides is 1. The normalized spacial score (nSPS) is 16.6. The number of hydrogen-bond donors (Lipinski definition) is 1. The minimum atomic E-state index is -3.50. The second-order valence-corrected chi connectivity index (χ2v) is 8.80. The van der Waals surface area contributed by atoms with Gasteiger partial charge in [-0.1, -0.05) is 12.1 Å². The smallest absolute Gasteiger partial charge is 0.265 e. The highest BCUT2D eigenvalue weighted by Gasteiger charge is 2.31. The summed E-state index contributed by atoms with van der Waals surface area (Å²) < 4.78 is 37.0. The van der Waals surface area contributed by atoms with E-state index in [-0.39, 0.29) is 18.9 Å². The molecule has 0 saturated carbocycles. The number of anilines is 2. The van der Waals surface area contributed by atoms with Gasteiger partial charge in [0.1, 0.15) is 11.5 Å². The highest BCUT2D eigenvalue weighted by molar-refractivity contribution is 7.92. The summed E-state index contributed by atoms with van der Waals surface area (Å²) in [5.74, 6) is 0.553. The Balaban J connectivity index is 1.90. The van der Waals surface area contributed by atoms with Gasteiger partial charge in [0.05, 0.1) is 24.7 Å². The zero-order valence-corrected chi connectivity index (χ0v) is 17.2. The molecule has 0 bridgehead atoms. The van der Waals surface area contributed by atoms with Gasteiger partial charge in [0.2, 0.25) is 10.0 Å². The van der Waals surface area contributed by atoms with Gasteiger partial charge in [-0.3, -0.25) is 9.10 Å². The fourth-order valence-electron chi connectivity index (χ4n) is 3.15. The molecule has 0 fully saturated rings. The molecule has 0 aromatic heterocycles. The van der Waals surface area contributed by atoms with Crippen LogP contribution in [0.5, 0.6) is 11.5 Å². The molecule has 2 aromatic carbocycles. The van der Waals surface area contributed by atoms with Gasteiger partial charge in [-0.15, -0.1) is 0 Å². The van der Waals surface area contributed by atoms with Crippen LogP contribution in [0.25, 0.3) is 0 Å². The predicted molar refractivity (Wildman–Crippen MR) is 109 cm³/mol. The van der Waals surface area contributed by atoms with Crippen LogP contribution in [0, 0.1) is 13.8 Å². The molecule has 0 aliphatic carbocycles. The Hall–Kier alpha value is -2.74. The van der Waals surface area contributed by atoms with E-state index in [0.29, 0.717) is 22.9 Å². The van der Waals surface area contributed by atoms with Crippen molar-refractivity contribution in [3.05, 3.63) is 47.5 Å². The number of benzene rings is 2. The lowest BCUT2D eigenvalue weighted by Crippen LogP contribution is -2.36. The summed E-state index contributed by atoms with van der Waals surface area (Å²) >= 11 is 0. The third kappa shape index (κ3) is 4.22. The second-order valence-electron chi connectivity index (χ2n) is 6.89. The van der Waals surface area contributed by atoms with Crippen molar-refractivity contribution in [2.75, 3.05) is 29.5 Å². The van der Waals surface area contributed by atoms with Crippen LogP contribution >= 0.6 is 0 Å². The molecular formula is C20H24N2O5S. The second kappa shape index (κ2) is 7.71. The number of rotatable bonds is 4. The molecule has 0 radical (unpaired) electrons. The van der Waals surface area contributed by atoms with E-state index in [1.165, 1.54) is 11.4 Å². The maximum Gasteiger partial charge on any atom is 0.265 e. The average Bonchev–Trinajstić information content (AvgIpc) is 2.81. The lowest BCUT2D eigenvalue weighted by atomic mass is 10.2. The van der Waals surface area contributed by atoms with Crippen LogP contribution in [-0.4, -0.2) is 40.3 Å². The van der Waals surface area contributed by atoms with Gasteiger partial charge in [0.25, 0.3) is 5.91 Å². The van der Waals surface area contributed by atoms with E-state index < -0.39 is 16.1 Å². The zero-order chi connectivity index (χ0) is 20.5. The lowest BCUT2D eigenvalue weighted by Gasteiger charge is -2.21. The van der Waals surface area contributed by atoms with Crippen molar-refractivity contribution in [3.63, 3.8) is 0 Å². The number of hydrogen-bond acceptors (Lipinski definition) is 5. The summed E-state index contributed by atoms with van der Waals surface area (Å²) in [4.78, 5) is 12.9.